The molecule has 0 fully saturated rings. The molecule has 1 aromatic rings. The van der Waals surface area contributed by atoms with Crippen molar-refractivity contribution in [3.63, 3.8) is 0 Å². The molecule has 0 aliphatic carbocycles. The van der Waals surface area contributed by atoms with Gasteiger partial charge in [0, 0.05) is 0 Å². The van der Waals surface area contributed by atoms with Gasteiger partial charge in [0.2, 0.25) is 5.75 Å². The average Bonchev–Trinajstić information content (AvgIpc) is 2.61. The standard InChI is InChI=1S/C17H26O7/c1-18-15-3-2-4-16-17(15)24-14-12-22-10-8-20-6-5-19-7-9-21-11-13-23-16/h2-4H,5-14H2,1H3. The van der Waals surface area contributed by atoms with E-state index in [4.69, 9.17) is 33.2 Å². The molecule has 0 saturated heterocycles. The van der Waals surface area contributed by atoms with Crippen LogP contribution >= 0.6 is 0 Å². The van der Waals surface area contributed by atoms with Crippen LogP contribution in [0.4, 0.5) is 0 Å². The number of rotatable bonds is 1. The molecule has 0 bridgehead atoms. The largest absolute Gasteiger partial charge is 0.493 e. The van der Waals surface area contributed by atoms with E-state index in [0.29, 0.717) is 83.3 Å². The number of fused-ring (bicyclic) bond motifs is 1. The Balaban J connectivity index is 1.91. The summed E-state index contributed by atoms with van der Waals surface area (Å²) in [4.78, 5) is 0. The molecule has 0 spiro atoms. The number of para-hydroxylation sites is 1. The van der Waals surface area contributed by atoms with E-state index < -0.39 is 0 Å². The van der Waals surface area contributed by atoms with Gasteiger partial charge in [-0.2, -0.15) is 0 Å². The van der Waals surface area contributed by atoms with E-state index in [9.17, 15) is 0 Å². The zero-order chi connectivity index (χ0) is 16.9. The highest BCUT2D eigenvalue weighted by Crippen LogP contribution is 2.36. The Kier molecular flexibility index (Phi) is 9.33. The highest BCUT2D eigenvalue weighted by atomic mass is 16.6. The van der Waals surface area contributed by atoms with Gasteiger partial charge in [0.1, 0.15) is 13.2 Å². The molecule has 0 aromatic heterocycles. The molecule has 7 heteroatoms. The van der Waals surface area contributed by atoms with Crippen LogP contribution in [0, 0.1) is 0 Å². The van der Waals surface area contributed by atoms with E-state index in [0.717, 1.165) is 0 Å². The van der Waals surface area contributed by atoms with Gasteiger partial charge >= 0.3 is 0 Å². The predicted octanol–water partition coefficient (Wildman–Crippen LogP) is 1.53. The minimum Gasteiger partial charge on any atom is -0.493 e. The molecule has 0 amide bonds. The summed E-state index contributed by atoms with van der Waals surface area (Å²) in [5, 5.41) is 0. The van der Waals surface area contributed by atoms with Gasteiger partial charge in [0.15, 0.2) is 11.5 Å². The van der Waals surface area contributed by atoms with Gasteiger partial charge in [-0.3, -0.25) is 0 Å². The Labute approximate surface area is 142 Å². The fourth-order valence-electron chi connectivity index (χ4n) is 2.09. The first-order valence-corrected chi connectivity index (χ1v) is 8.15. The molecule has 1 aliphatic rings. The van der Waals surface area contributed by atoms with Gasteiger partial charge in [-0.25, -0.2) is 0 Å². The van der Waals surface area contributed by atoms with Crippen LogP contribution in [0.15, 0.2) is 18.2 Å². The lowest BCUT2D eigenvalue weighted by Gasteiger charge is -2.16. The molecule has 1 heterocycles. The van der Waals surface area contributed by atoms with Crippen molar-refractivity contribution >= 4 is 0 Å². The lowest BCUT2D eigenvalue weighted by Crippen LogP contribution is -2.16. The van der Waals surface area contributed by atoms with Gasteiger partial charge in [0.05, 0.1) is 60.0 Å². The number of hydrogen-bond acceptors (Lipinski definition) is 7. The zero-order valence-electron chi connectivity index (χ0n) is 14.2. The third-order valence-electron chi connectivity index (χ3n) is 3.24. The second kappa shape index (κ2) is 11.9. The summed E-state index contributed by atoms with van der Waals surface area (Å²) in [5.74, 6) is 1.82. The lowest BCUT2D eigenvalue weighted by molar-refractivity contribution is -0.00852. The van der Waals surface area contributed by atoms with E-state index in [1.807, 2.05) is 18.2 Å². The first kappa shape index (κ1) is 18.8. The average molecular weight is 342 g/mol. The zero-order valence-corrected chi connectivity index (χ0v) is 14.2. The Morgan fingerprint density at radius 3 is 1.71 bits per heavy atom. The number of benzene rings is 1. The van der Waals surface area contributed by atoms with Crippen LogP contribution in [0.1, 0.15) is 0 Å². The Morgan fingerprint density at radius 2 is 1.17 bits per heavy atom. The number of methoxy groups -OCH3 is 1. The molecule has 0 radical (unpaired) electrons. The summed E-state index contributed by atoms with van der Waals surface area (Å²) in [6.07, 6.45) is 0. The van der Waals surface area contributed by atoms with Crippen LogP contribution in [-0.4, -0.2) is 73.2 Å². The highest BCUT2D eigenvalue weighted by Gasteiger charge is 2.12. The number of hydrogen-bond donors (Lipinski definition) is 0. The minimum absolute atomic E-state index is 0.399. The molecule has 1 aromatic carbocycles. The van der Waals surface area contributed by atoms with Crippen LogP contribution in [0.5, 0.6) is 17.2 Å². The Hall–Kier alpha value is -1.54. The molecular weight excluding hydrogens is 316 g/mol. The van der Waals surface area contributed by atoms with Crippen LogP contribution in [0.25, 0.3) is 0 Å². The highest BCUT2D eigenvalue weighted by molar-refractivity contribution is 5.51. The molecule has 0 unspecified atom stereocenters. The topological polar surface area (TPSA) is 64.6 Å². The second-order valence-electron chi connectivity index (χ2n) is 4.93. The maximum atomic E-state index is 5.78. The van der Waals surface area contributed by atoms with Gasteiger partial charge in [-0.15, -0.1) is 0 Å². The Bertz CT molecular complexity index is 453. The lowest BCUT2D eigenvalue weighted by atomic mass is 10.3. The molecule has 7 nitrogen and oxygen atoms in total. The minimum atomic E-state index is 0.399. The van der Waals surface area contributed by atoms with Crippen molar-refractivity contribution in [1.82, 2.24) is 0 Å². The van der Waals surface area contributed by atoms with Crippen LogP contribution in [0.3, 0.4) is 0 Å². The van der Waals surface area contributed by atoms with E-state index in [2.05, 4.69) is 0 Å². The van der Waals surface area contributed by atoms with Crippen molar-refractivity contribution in [2.45, 2.75) is 0 Å². The van der Waals surface area contributed by atoms with Crippen LogP contribution in [0.2, 0.25) is 0 Å². The maximum Gasteiger partial charge on any atom is 0.203 e. The van der Waals surface area contributed by atoms with E-state index >= 15 is 0 Å². The first-order chi connectivity index (χ1) is 11.9. The van der Waals surface area contributed by atoms with Crippen LogP contribution in [-0.2, 0) is 18.9 Å². The van der Waals surface area contributed by atoms with Crippen molar-refractivity contribution in [3.8, 4) is 17.2 Å². The third-order valence-corrected chi connectivity index (χ3v) is 3.24. The predicted molar refractivity (Wildman–Crippen MR) is 87.3 cm³/mol. The second-order valence-corrected chi connectivity index (χ2v) is 4.93. The van der Waals surface area contributed by atoms with Crippen molar-refractivity contribution in [1.29, 1.82) is 0 Å². The molecule has 2 rings (SSSR count). The molecule has 1 aliphatic heterocycles. The molecule has 24 heavy (non-hydrogen) atoms. The quantitative estimate of drug-likeness (QED) is 0.767. The molecule has 0 saturated carbocycles. The summed E-state index contributed by atoms with van der Waals surface area (Å²) in [6.45, 7) is 4.95. The first-order valence-electron chi connectivity index (χ1n) is 8.15. The summed E-state index contributed by atoms with van der Waals surface area (Å²) in [6, 6.07) is 5.53. The summed E-state index contributed by atoms with van der Waals surface area (Å²) >= 11 is 0. The van der Waals surface area contributed by atoms with Gasteiger partial charge < -0.3 is 33.2 Å². The Morgan fingerprint density at radius 1 is 0.667 bits per heavy atom. The van der Waals surface area contributed by atoms with Crippen molar-refractivity contribution in [2.24, 2.45) is 0 Å². The van der Waals surface area contributed by atoms with Gasteiger partial charge in [-0.1, -0.05) is 6.07 Å². The van der Waals surface area contributed by atoms with Crippen molar-refractivity contribution in [2.75, 3.05) is 73.2 Å². The molecule has 136 valence electrons. The summed E-state index contributed by atoms with van der Waals surface area (Å²) < 4.78 is 38.6. The van der Waals surface area contributed by atoms with E-state index in [1.54, 1.807) is 7.11 Å². The number of ether oxygens (including phenoxy) is 7. The smallest absolute Gasteiger partial charge is 0.203 e. The van der Waals surface area contributed by atoms with E-state index in [-0.39, 0.29) is 0 Å². The fraction of sp³-hybridized carbons (Fsp3) is 0.647. The SMILES string of the molecule is COc1cccc2c1OCCOCCOCCOCCOCCO2. The normalized spacial score (nSPS) is 19.0. The van der Waals surface area contributed by atoms with E-state index in [1.165, 1.54) is 0 Å². The van der Waals surface area contributed by atoms with Gasteiger partial charge in [-0.05, 0) is 12.1 Å². The monoisotopic (exact) mass is 342 g/mol. The van der Waals surface area contributed by atoms with Gasteiger partial charge in [0.25, 0.3) is 0 Å². The summed E-state index contributed by atoms with van der Waals surface area (Å²) in [5.41, 5.74) is 0. The van der Waals surface area contributed by atoms with Crippen molar-refractivity contribution < 1.29 is 33.2 Å². The third kappa shape index (κ3) is 6.92. The summed E-state index contributed by atoms with van der Waals surface area (Å²) in [7, 11) is 1.60. The maximum absolute atomic E-state index is 5.78. The molecule has 0 atom stereocenters. The molecule has 0 N–H and O–H groups in total. The fourth-order valence-corrected chi connectivity index (χ4v) is 2.09. The molecular formula is C17H26O7. The van der Waals surface area contributed by atoms with Crippen molar-refractivity contribution in [3.05, 3.63) is 18.2 Å². The van der Waals surface area contributed by atoms with Crippen LogP contribution < -0.4 is 14.2 Å².